The minimum absolute atomic E-state index is 0.0288. The van der Waals surface area contributed by atoms with Crippen molar-refractivity contribution >= 4 is 5.69 Å². The molecule has 0 saturated carbocycles. The molecular weight excluding hydrogens is 204 g/mol. The van der Waals surface area contributed by atoms with Gasteiger partial charge in [0.1, 0.15) is 0 Å². The lowest BCUT2D eigenvalue weighted by atomic mass is 10.2. The SMILES string of the molecule is Cc1cc(=O)n(CCn2cccn2)cc1N. The molecule has 0 saturated heterocycles. The Hall–Kier alpha value is -2.04. The van der Waals surface area contributed by atoms with Gasteiger partial charge in [-0.25, -0.2) is 0 Å². The Morgan fingerprint density at radius 3 is 2.94 bits per heavy atom. The second-order valence-corrected chi connectivity index (χ2v) is 3.71. The summed E-state index contributed by atoms with van der Waals surface area (Å²) in [5.74, 6) is 0. The third-order valence-electron chi connectivity index (χ3n) is 2.50. The fraction of sp³-hybridized carbons (Fsp3) is 0.273. The number of pyridine rings is 1. The van der Waals surface area contributed by atoms with Crippen molar-refractivity contribution in [1.82, 2.24) is 14.3 Å². The number of nitrogens with two attached hydrogens (primary N) is 1. The molecule has 5 heteroatoms. The largest absolute Gasteiger partial charge is 0.397 e. The number of aryl methyl sites for hydroxylation is 3. The van der Waals surface area contributed by atoms with E-state index in [9.17, 15) is 4.79 Å². The van der Waals surface area contributed by atoms with Crippen LogP contribution in [-0.4, -0.2) is 14.3 Å². The Morgan fingerprint density at radius 2 is 2.25 bits per heavy atom. The number of aromatic nitrogens is 3. The van der Waals surface area contributed by atoms with Gasteiger partial charge in [-0.3, -0.25) is 9.48 Å². The van der Waals surface area contributed by atoms with E-state index in [1.54, 1.807) is 27.7 Å². The van der Waals surface area contributed by atoms with E-state index in [1.165, 1.54) is 0 Å². The Labute approximate surface area is 93.1 Å². The summed E-state index contributed by atoms with van der Waals surface area (Å²) in [5, 5.41) is 4.07. The summed E-state index contributed by atoms with van der Waals surface area (Å²) in [5.41, 5.74) is 7.19. The molecule has 2 rings (SSSR count). The number of nitrogen functional groups attached to an aromatic ring is 1. The van der Waals surface area contributed by atoms with Gasteiger partial charge >= 0.3 is 0 Å². The smallest absolute Gasteiger partial charge is 0.250 e. The molecule has 0 aliphatic carbocycles. The molecule has 2 heterocycles. The first-order chi connectivity index (χ1) is 7.66. The lowest BCUT2D eigenvalue weighted by Crippen LogP contribution is -2.22. The number of anilines is 1. The van der Waals surface area contributed by atoms with Crippen LogP contribution in [0.2, 0.25) is 0 Å². The number of hydrogen-bond donors (Lipinski definition) is 1. The van der Waals surface area contributed by atoms with E-state index in [4.69, 9.17) is 5.73 Å². The van der Waals surface area contributed by atoms with Gasteiger partial charge in [-0.05, 0) is 18.6 Å². The fourth-order valence-electron chi connectivity index (χ4n) is 1.50. The molecule has 2 aromatic heterocycles. The highest BCUT2D eigenvalue weighted by Crippen LogP contribution is 2.05. The second-order valence-electron chi connectivity index (χ2n) is 3.71. The summed E-state index contributed by atoms with van der Waals surface area (Å²) in [6, 6.07) is 3.41. The lowest BCUT2D eigenvalue weighted by Gasteiger charge is -2.08. The van der Waals surface area contributed by atoms with E-state index in [0.29, 0.717) is 18.8 Å². The topological polar surface area (TPSA) is 65.8 Å². The summed E-state index contributed by atoms with van der Waals surface area (Å²) >= 11 is 0. The zero-order valence-electron chi connectivity index (χ0n) is 9.13. The van der Waals surface area contributed by atoms with E-state index >= 15 is 0 Å². The number of nitrogens with zero attached hydrogens (tertiary/aromatic N) is 3. The summed E-state index contributed by atoms with van der Waals surface area (Å²) < 4.78 is 3.38. The van der Waals surface area contributed by atoms with Gasteiger partial charge in [0.05, 0.1) is 12.2 Å². The van der Waals surface area contributed by atoms with Crippen LogP contribution in [0.3, 0.4) is 0 Å². The Kier molecular flexibility index (Phi) is 2.76. The number of hydrogen-bond acceptors (Lipinski definition) is 3. The lowest BCUT2D eigenvalue weighted by molar-refractivity contribution is 0.524. The van der Waals surface area contributed by atoms with Gasteiger partial charge in [-0.15, -0.1) is 0 Å². The molecule has 0 aliphatic rings. The van der Waals surface area contributed by atoms with Crippen LogP contribution in [0.25, 0.3) is 0 Å². The monoisotopic (exact) mass is 218 g/mol. The molecule has 0 unspecified atom stereocenters. The first-order valence-electron chi connectivity index (χ1n) is 5.11. The van der Waals surface area contributed by atoms with Crippen LogP contribution in [0, 0.1) is 6.92 Å². The quantitative estimate of drug-likeness (QED) is 0.822. The van der Waals surface area contributed by atoms with Crippen molar-refractivity contribution in [2.24, 2.45) is 0 Å². The van der Waals surface area contributed by atoms with E-state index in [2.05, 4.69) is 5.10 Å². The van der Waals surface area contributed by atoms with Crippen LogP contribution >= 0.6 is 0 Å². The van der Waals surface area contributed by atoms with Crippen molar-refractivity contribution in [3.8, 4) is 0 Å². The van der Waals surface area contributed by atoms with Crippen LogP contribution in [0.4, 0.5) is 5.69 Å². The predicted octanol–water partition coefficient (Wildman–Crippen LogP) is 0.636. The van der Waals surface area contributed by atoms with Crippen molar-refractivity contribution in [2.45, 2.75) is 20.0 Å². The second kappa shape index (κ2) is 4.22. The fourth-order valence-corrected chi connectivity index (χ4v) is 1.50. The molecule has 16 heavy (non-hydrogen) atoms. The van der Waals surface area contributed by atoms with Crippen molar-refractivity contribution in [3.05, 3.63) is 46.6 Å². The highest BCUT2D eigenvalue weighted by Gasteiger charge is 2.00. The number of rotatable bonds is 3. The molecule has 0 radical (unpaired) electrons. The van der Waals surface area contributed by atoms with Crippen LogP contribution in [0.1, 0.15) is 5.56 Å². The van der Waals surface area contributed by atoms with Crippen LogP contribution in [0.15, 0.2) is 35.5 Å². The van der Waals surface area contributed by atoms with Gasteiger partial charge in [0.2, 0.25) is 0 Å². The molecule has 2 N–H and O–H groups in total. The van der Waals surface area contributed by atoms with Gasteiger partial charge in [0, 0.05) is 31.2 Å². The maximum Gasteiger partial charge on any atom is 0.250 e. The van der Waals surface area contributed by atoms with Crippen LogP contribution in [0.5, 0.6) is 0 Å². The van der Waals surface area contributed by atoms with E-state index in [-0.39, 0.29) is 5.56 Å². The molecule has 0 fully saturated rings. The van der Waals surface area contributed by atoms with Gasteiger partial charge in [-0.2, -0.15) is 5.10 Å². The van der Waals surface area contributed by atoms with E-state index in [1.807, 2.05) is 19.2 Å². The first kappa shape index (κ1) is 10.5. The van der Waals surface area contributed by atoms with E-state index < -0.39 is 0 Å². The van der Waals surface area contributed by atoms with Crippen LogP contribution in [-0.2, 0) is 13.1 Å². The van der Waals surface area contributed by atoms with Crippen molar-refractivity contribution < 1.29 is 0 Å². The molecule has 0 atom stereocenters. The maximum atomic E-state index is 11.6. The molecule has 84 valence electrons. The van der Waals surface area contributed by atoms with Crippen molar-refractivity contribution in [2.75, 3.05) is 5.73 Å². The third kappa shape index (κ3) is 2.13. The molecular formula is C11H14N4O. The average Bonchev–Trinajstić information content (AvgIpc) is 2.74. The molecule has 0 aliphatic heterocycles. The minimum Gasteiger partial charge on any atom is -0.397 e. The molecule has 0 spiro atoms. The minimum atomic E-state index is -0.0288. The van der Waals surface area contributed by atoms with Crippen molar-refractivity contribution in [1.29, 1.82) is 0 Å². The third-order valence-corrected chi connectivity index (χ3v) is 2.50. The first-order valence-corrected chi connectivity index (χ1v) is 5.11. The van der Waals surface area contributed by atoms with Gasteiger partial charge < -0.3 is 10.3 Å². The predicted molar refractivity (Wildman–Crippen MR) is 62.1 cm³/mol. The van der Waals surface area contributed by atoms with Gasteiger partial charge in [0.25, 0.3) is 5.56 Å². The summed E-state index contributed by atoms with van der Waals surface area (Å²) in [6.07, 6.45) is 5.26. The standard InChI is InChI=1S/C11H14N4O/c1-9-7-11(16)14(8-10(9)12)5-6-15-4-2-3-13-15/h2-4,7-8H,5-6,12H2,1H3. The highest BCUT2D eigenvalue weighted by molar-refractivity contribution is 5.42. The van der Waals surface area contributed by atoms with Gasteiger partial charge in [-0.1, -0.05) is 0 Å². The Bertz CT molecular complexity index is 527. The van der Waals surface area contributed by atoms with E-state index in [0.717, 1.165) is 5.56 Å². The Balaban J connectivity index is 2.16. The average molecular weight is 218 g/mol. The van der Waals surface area contributed by atoms with Crippen LogP contribution < -0.4 is 11.3 Å². The van der Waals surface area contributed by atoms with Gasteiger partial charge in [0.15, 0.2) is 0 Å². The summed E-state index contributed by atoms with van der Waals surface area (Å²) in [7, 11) is 0. The normalized spacial score (nSPS) is 10.6. The molecule has 0 bridgehead atoms. The van der Waals surface area contributed by atoms with Crippen molar-refractivity contribution in [3.63, 3.8) is 0 Å². The maximum absolute atomic E-state index is 11.6. The Morgan fingerprint density at radius 1 is 1.44 bits per heavy atom. The molecule has 5 nitrogen and oxygen atoms in total. The zero-order valence-corrected chi connectivity index (χ0v) is 9.13. The summed E-state index contributed by atoms with van der Waals surface area (Å²) in [4.78, 5) is 11.6. The molecule has 0 aromatic carbocycles. The molecule has 2 aromatic rings. The molecule has 0 amide bonds. The highest BCUT2D eigenvalue weighted by atomic mass is 16.1. The zero-order chi connectivity index (χ0) is 11.5. The summed E-state index contributed by atoms with van der Waals surface area (Å²) in [6.45, 7) is 3.06.